The number of ether oxygens (including phenoxy) is 3. The Labute approximate surface area is 470 Å². The normalized spacial score (nSPS) is 19.6. The number of esters is 1. The lowest BCUT2D eigenvalue weighted by Crippen LogP contribution is -2.61. The first kappa shape index (κ1) is 71.9. The third-order valence-electron chi connectivity index (χ3n) is 14.3. The SMILES string of the molecule is CCCCC/C=C\C/C=C\C/C=C\CCCCCCCCCCC(=O)OC1C(OCC(NC(=O)C(O)CCCCC/C=C\C/C=C\C/C=C\CCCCC)C(O)/C=C/CCCCCCCCCCC)OC(CO)C(O)C1O. The molecule has 11 heteroatoms. The topological polar surface area (TPSA) is 175 Å². The van der Waals surface area contributed by atoms with Crippen LogP contribution in [0.5, 0.6) is 0 Å². The molecule has 1 saturated heterocycles. The van der Waals surface area contributed by atoms with Gasteiger partial charge in [0.15, 0.2) is 12.4 Å². The van der Waals surface area contributed by atoms with E-state index in [1.807, 2.05) is 6.08 Å². The lowest BCUT2D eigenvalue weighted by molar-refractivity contribution is -0.305. The zero-order chi connectivity index (χ0) is 56.1. The van der Waals surface area contributed by atoms with Crippen LogP contribution in [0, 0.1) is 0 Å². The van der Waals surface area contributed by atoms with E-state index in [1.54, 1.807) is 6.08 Å². The highest BCUT2D eigenvalue weighted by Crippen LogP contribution is 2.26. The molecule has 1 aliphatic heterocycles. The highest BCUT2D eigenvalue weighted by molar-refractivity contribution is 5.80. The number of carbonyl (C=O) groups excluding carboxylic acids is 2. The molecule has 1 rings (SSSR count). The molecule has 77 heavy (non-hydrogen) atoms. The molecule has 6 N–H and O–H groups in total. The lowest BCUT2D eigenvalue weighted by Gasteiger charge is -2.41. The number of hydrogen-bond acceptors (Lipinski definition) is 10. The van der Waals surface area contributed by atoms with Crippen LogP contribution in [0.25, 0.3) is 0 Å². The maximum absolute atomic E-state index is 13.4. The Balaban J connectivity index is 2.67. The van der Waals surface area contributed by atoms with E-state index in [1.165, 1.54) is 103 Å². The van der Waals surface area contributed by atoms with Crippen molar-refractivity contribution in [3.63, 3.8) is 0 Å². The summed E-state index contributed by atoms with van der Waals surface area (Å²) in [6, 6.07) is -1.04. The molecule has 11 nitrogen and oxygen atoms in total. The molecular formula is C66H115NO10. The van der Waals surface area contributed by atoms with Crippen molar-refractivity contribution >= 4 is 11.9 Å². The zero-order valence-electron chi connectivity index (χ0n) is 49.1. The molecule has 1 amide bonds. The Morgan fingerprint density at radius 2 is 0.896 bits per heavy atom. The zero-order valence-corrected chi connectivity index (χ0v) is 49.1. The van der Waals surface area contributed by atoms with E-state index in [-0.39, 0.29) is 19.4 Å². The second-order valence-electron chi connectivity index (χ2n) is 21.4. The Kier molecular flexibility index (Phi) is 49.9. The number of aliphatic hydroxyl groups excluding tert-OH is 5. The number of carbonyl (C=O) groups is 2. The van der Waals surface area contributed by atoms with Gasteiger partial charge < -0.3 is 45.1 Å². The Morgan fingerprint density at radius 3 is 1.36 bits per heavy atom. The van der Waals surface area contributed by atoms with E-state index in [4.69, 9.17) is 14.2 Å². The number of unbranched alkanes of at least 4 members (excludes halogenated alkanes) is 26. The smallest absolute Gasteiger partial charge is 0.306 e. The summed E-state index contributed by atoms with van der Waals surface area (Å²) in [7, 11) is 0. The van der Waals surface area contributed by atoms with Gasteiger partial charge in [-0.3, -0.25) is 9.59 Å². The van der Waals surface area contributed by atoms with Gasteiger partial charge in [-0.05, 0) is 103 Å². The van der Waals surface area contributed by atoms with Crippen molar-refractivity contribution in [2.45, 2.75) is 307 Å². The van der Waals surface area contributed by atoms with Crippen molar-refractivity contribution in [3.05, 3.63) is 85.1 Å². The molecule has 0 radical (unpaired) electrons. The van der Waals surface area contributed by atoms with Gasteiger partial charge in [0.25, 0.3) is 0 Å². The number of hydrogen-bond donors (Lipinski definition) is 6. The van der Waals surface area contributed by atoms with Crippen LogP contribution >= 0.6 is 0 Å². The van der Waals surface area contributed by atoms with E-state index in [9.17, 15) is 35.1 Å². The molecule has 1 heterocycles. The average Bonchev–Trinajstić information content (AvgIpc) is 3.43. The Morgan fingerprint density at radius 1 is 0.506 bits per heavy atom. The average molecular weight is 1080 g/mol. The van der Waals surface area contributed by atoms with Gasteiger partial charge in [0.1, 0.15) is 24.4 Å². The third kappa shape index (κ3) is 41.5. The summed E-state index contributed by atoms with van der Waals surface area (Å²) >= 11 is 0. The van der Waals surface area contributed by atoms with E-state index in [0.717, 1.165) is 109 Å². The van der Waals surface area contributed by atoms with Crippen LogP contribution in [-0.4, -0.2) is 99.6 Å². The molecule has 0 spiro atoms. The molecular weight excluding hydrogens is 967 g/mol. The molecule has 1 fully saturated rings. The van der Waals surface area contributed by atoms with Gasteiger partial charge in [-0.2, -0.15) is 0 Å². The third-order valence-corrected chi connectivity index (χ3v) is 14.3. The highest BCUT2D eigenvalue weighted by atomic mass is 16.7. The van der Waals surface area contributed by atoms with Crippen LogP contribution in [0.4, 0.5) is 0 Å². The standard InChI is InChI=1S/C66H115NO10/c1-4-7-10-13-16-19-22-24-26-28-29-30-31-32-34-36-39-42-45-48-51-54-61(71)77-64-63(73)62(72)60(55-68)76-66(64)75-56-57(58(69)52-49-46-43-40-37-21-18-15-12-9-6-3)67-65(74)59(70)53-50-47-44-41-38-35-33-27-25-23-20-17-14-11-8-5-2/h16-17,19-20,24-27,29-30,35,38,49,52,57-60,62-64,66,68-70,72-73H,4-15,18,21-23,28,31-34,36-37,39-48,50-51,53-56H2,1-3H3,(H,67,74)/b19-16-,20-17-,26-24-,27-25-,30-29-,38-35-,52-49+. The minimum absolute atomic E-state index is 0.109. The molecule has 444 valence electrons. The summed E-state index contributed by atoms with van der Waals surface area (Å²) in [5.41, 5.74) is 0. The van der Waals surface area contributed by atoms with Gasteiger partial charge in [-0.15, -0.1) is 0 Å². The minimum atomic E-state index is -1.62. The van der Waals surface area contributed by atoms with Crippen molar-refractivity contribution in [1.29, 1.82) is 0 Å². The van der Waals surface area contributed by atoms with E-state index in [2.05, 4.69) is 99.0 Å². The number of nitrogens with one attached hydrogen (secondary N) is 1. The van der Waals surface area contributed by atoms with Gasteiger partial charge in [0.2, 0.25) is 5.91 Å². The predicted molar refractivity (Wildman–Crippen MR) is 319 cm³/mol. The first-order chi connectivity index (χ1) is 37.7. The molecule has 0 aromatic carbocycles. The molecule has 8 unspecified atom stereocenters. The van der Waals surface area contributed by atoms with E-state index < -0.39 is 67.4 Å². The number of rotatable bonds is 52. The van der Waals surface area contributed by atoms with Crippen molar-refractivity contribution in [3.8, 4) is 0 Å². The second kappa shape index (κ2) is 53.5. The van der Waals surface area contributed by atoms with Crippen molar-refractivity contribution in [2.24, 2.45) is 0 Å². The van der Waals surface area contributed by atoms with Crippen LogP contribution in [0.15, 0.2) is 85.1 Å². The predicted octanol–water partition coefficient (Wildman–Crippen LogP) is 14.9. The van der Waals surface area contributed by atoms with Gasteiger partial charge >= 0.3 is 5.97 Å². The fourth-order valence-corrected chi connectivity index (χ4v) is 9.25. The monoisotopic (exact) mass is 1080 g/mol. The maximum Gasteiger partial charge on any atom is 0.306 e. The minimum Gasteiger partial charge on any atom is -0.454 e. The fraction of sp³-hybridized carbons (Fsp3) is 0.758. The summed E-state index contributed by atoms with van der Waals surface area (Å²) < 4.78 is 17.6. The van der Waals surface area contributed by atoms with Crippen LogP contribution in [0.2, 0.25) is 0 Å². The van der Waals surface area contributed by atoms with Crippen molar-refractivity contribution in [2.75, 3.05) is 13.2 Å². The van der Waals surface area contributed by atoms with Crippen molar-refractivity contribution in [1.82, 2.24) is 5.32 Å². The molecule has 0 aromatic rings. The second-order valence-corrected chi connectivity index (χ2v) is 21.4. The van der Waals surface area contributed by atoms with Gasteiger partial charge in [0.05, 0.1) is 25.4 Å². The first-order valence-electron chi connectivity index (χ1n) is 31.4. The largest absolute Gasteiger partial charge is 0.454 e. The number of amides is 1. The van der Waals surface area contributed by atoms with Crippen LogP contribution < -0.4 is 5.32 Å². The van der Waals surface area contributed by atoms with Gasteiger partial charge in [-0.25, -0.2) is 0 Å². The first-order valence-corrected chi connectivity index (χ1v) is 31.4. The molecule has 0 saturated carbocycles. The quantitative estimate of drug-likeness (QED) is 0.0195. The summed E-state index contributed by atoms with van der Waals surface area (Å²) in [5, 5.41) is 56.9. The molecule has 0 bridgehead atoms. The van der Waals surface area contributed by atoms with Gasteiger partial charge in [-0.1, -0.05) is 234 Å². The molecule has 0 aromatic heterocycles. The molecule has 8 atom stereocenters. The Hall–Kier alpha value is -3.16. The number of allylic oxidation sites excluding steroid dienone is 13. The van der Waals surface area contributed by atoms with Crippen molar-refractivity contribution < 1.29 is 49.3 Å². The van der Waals surface area contributed by atoms with E-state index >= 15 is 0 Å². The van der Waals surface area contributed by atoms with Gasteiger partial charge in [0, 0.05) is 6.42 Å². The summed E-state index contributed by atoms with van der Waals surface area (Å²) in [6.07, 6.45) is 59.0. The van der Waals surface area contributed by atoms with E-state index in [0.29, 0.717) is 12.8 Å². The highest BCUT2D eigenvalue weighted by Gasteiger charge is 2.47. The molecule has 0 aliphatic carbocycles. The molecule has 1 aliphatic rings. The van der Waals surface area contributed by atoms with Crippen LogP contribution in [0.3, 0.4) is 0 Å². The summed E-state index contributed by atoms with van der Waals surface area (Å²) in [5.74, 6) is -1.23. The van der Waals surface area contributed by atoms with Crippen LogP contribution in [0.1, 0.15) is 258 Å². The fourth-order valence-electron chi connectivity index (χ4n) is 9.25. The maximum atomic E-state index is 13.4. The summed E-state index contributed by atoms with van der Waals surface area (Å²) in [4.78, 5) is 26.5. The number of aliphatic hydroxyl groups is 5. The summed E-state index contributed by atoms with van der Waals surface area (Å²) in [6.45, 7) is 5.70. The van der Waals surface area contributed by atoms with Crippen LogP contribution in [-0.2, 0) is 23.8 Å². The lowest BCUT2D eigenvalue weighted by atomic mass is 9.99. The Bertz CT molecular complexity index is 1570.